The number of hydrogen-bond acceptors (Lipinski definition) is 4. The average molecular weight is 356 g/mol. The number of aryl methyl sites for hydroxylation is 2. The Balaban J connectivity index is 1.29. The molecule has 0 spiro atoms. The number of anilines is 1. The lowest BCUT2D eigenvalue weighted by Crippen LogP contribution is -2.25. The van der Waals surface area contributed by atoms with Crippen LogP contribution in [-0.4, -0.2) is 34.5 Å². The minimum Gasteiger partial charge on any atom is -0.494 e. The van der Waals surface area contributed by atoms with Crippen LogP contribution in [0.4, 0.5) is 5.69 Å². The zero-order valence-electron chi connectivity index (χ0n) is 14.7. The molecule has 2 amide bonds. The van der Waals surface area contributed by atoms with Crippen LogP contribution in [0, 0.1) is 0 Å². The molecule has 1 aromatic carbocycles. The number of imidazole rings is 1. The molecule has 7 heteroatoms. The van der Waals surface area contributed by atoms with E-state index in [1.807, 2.05) is 29.0 Å². The predicted molar refractivity (Wildman–Crippen MR) is 98.0 cm³/mol. The Morgan fingerprint density at radius 1 is 1.31 bits per heavy atom. The Bertz CT molecular complexity index is 743. The highest BCUT2D eigenvalue weighted by Crippen LogP contribution is 2.26. The molecule has 0 fully saturated rings. The van der Waals surface area contributed by atoms with Gasteiger partial charge in [-0.15, -0.1) is 0 Å². The highest BCUT2D eigenvalue weighted by molar-refractivity contribution is 5.94. The molecule has 26 heavy (non-hydrogen) atoms. The lowest BCUT2D eigenvalue weighted by atomic mass is 10.0. The van der Waals surface area contributed by atoms with Gasteiger partial charge in [0.2, 0.25) is 11.8 Å². The van der Waals surface area contributed by atoms with Gasteiger partial charge in [-0.3, -0.25) is 9.59 Å². The van der Waals surface area contributed by atoms with Crippen LogP contribution in [-0.2, 0) is 22.6 Å². The molecule has 2 aromatic rings. The normalized spacial score (nSPS) is 13.0. The van der Waals surface area contributed by atoms with Crippen molar-refractivity contribution in [2.24, 2.45) is 0 Å². The van der Waals surface area contributed by atoms with Crippen molar-refractivity contribution in [2.45, 2.75) is 38.6 Å². The first-order valence-corrected chi connectivity index (χ1v) is 8.99. The van der Waals surface area contributed by atoms with E-state index in [0.29, 0.717) is 32.4 Å². The Morgan fingerprint density at radius 3 is 3.08 bits per heavy atom. The van der Waals surface area contributed by atoms with Crippen LogP contribution in [0.25, 0.3) is 0 Å². The van der Waals surface area contributed by atoms with Crippen LogP contribution in [0.2, 0.25) is 0 Å². The summed E-state index contributed by atoms with van der Waals surface area (Å²) < 4.78 is 7.71. The topological polar surface area (TPSA) is 85.3 Å². The van der Waals surface area contributed by atoms with E-state index in [1.165, 1.54) is 0 Å². The highest BCUT2D eigenvalue weighted by Gasteiger charge is 2.14. The first kappa shape index (κ1) is 18.0. The van der Waals surface area contributed by atoms with Crippen LogP contribution >= 0.6 is 0 Å². The maximum Gasteiger partial charge on any atom is 0.224 e. The number of fused-ring (bicyclic) bond motifs is 1. The number of benzene rings is 1. The van der Waals surface area contributed by atoms with E-state index in [4.69, 9.17) is 4.74 Å². The van der Waals surface area contributed by atoms with Crippen molar-refractivity contribution in [3.05, 3.63) is 42.5 Å². The third-order valence-corrected chi connectivity index (χ3v) is 4.26. The van der Waals surface area contributed by atoms with Crippen molar-refractivity contribution in [1.29, 1.82) is 0 Å². The molecule has 1 aliphatic rings. The number of nitrogens with zero attached hydrogens (tertiary/aromatic N) is 2. The van der Waals surface area contributed by atoms with Gasteiger partial charge >= 0.3 is 0 Å². The summed E-state index contributed by atoms with van der Waals surface area (Å²) in [6.45, 7) is 2.00. The third-order valence-electron chi connectivity index (χ3n) is 4.26. The van der Waals surface area contributed by atoms with Gasteiger partial charge in [0.1, 0.15) is 5.75 Å². The van der Waals surface area contributed by atoms with E-state index in [0.717, 1.165) is 36.4 Å². The van der Waals surface area contributed by atoms with E-state index in [1.54, 1.807) is 12.5 Å². The van der Waals surface area contributed by atoms with Gasteiger partial charge in [0.25, 0.3) is 0 Å². The van der Waals surface area contributed by atoms with Crippen LogP contribution in [0.1, 0.15) is 31.2 Å². The van der Waals surface area contributed by atoms with Crippen LogP contribution in [0.5, 0.6) is 5.75 Å². The number of carbonyl (C=O) groups excluding carboxylic acids is 2. The second-order valence-electron chi connectivity index (χ2n) is 6.32. The fourth-order valence-electron chi connectivity index (χ4n) is 2.87. The first-order valence-electron chi connectivity index (χ1n) is 8.99. The van der Waals surface area contributed by atoms with Crippen LogP contribution in [0.3, 0.4) is 0 Å². The van der Waals surface area contributed by atoms with Gasteiger partial charge in [-0.05, 0) is 43.0 Å². The molecule has 0 unspecified atom stereocenters. The zero-order chi connectivity index (χ0) is 18.2. The molecule has 0 atom stereocenters. The minimum atomic E-state index is 0.0485. The number of amides is 2. The summed E-state index contributed by atoms with van der Waals surface area (Å²) in [6, 6.07) is 5.68. The van der Waals surface area contributed by atoms with Gasteiger partial charge in [0.15, 0.2) is 0 Å². The Morgan fingerprint density at radius 2 is 2.23 bits per heavy atom. The summed E-state index contributed by atoms with van der Waals surface area (Å²) in [6.07, 6.45) is 8.67. The lowest BCUT2D eigenvalue weighted by molar-refractivity contribution is -0.121. The van der Waals surface area contributed by atoms with E-state index < -0.39 is 0 Å². The maximum absolute atomic E-state index is 11.8. The summed E-state index contributed by atoms with van der Waals surface area (Å²) in [7, 11) is 0. The summed E-state index contributed by atoms with van der Waals surface area (Å²) in [5.41, 5.74) is 1.96. The standard InChI is InChI=1S/C19H24N4O3/c24-18(21-8-2-10-23-11-9-20-14-23)3-1-12-26-16-5-6-17-15(13-16)4-7-19(25)22-17/h5-6,9,11,13-14H,1-4,7-8,10,12H2,(H,21,24)(H,22,25). The molecule has 0 bridgehead atoms. The minimum absolute atomic E-state index is 0.0485. The number of hydrogen-bond donors (Lipinski definition) is 2. The van der Waals surface area contributed by atoms with Crippen molar-refractivity contribution in [3.63, 3.8) is 0 Å². The van der Waals surface area contributed by atoms with E-state index >= 15 is 0 Å². The Hall–Kier alpha value is -2.83. The van der Waals surface area contributed by atoms with Gasteiger partial charge in [0.05, 0.1) is 12.9 Å². The van der Waals surface area contributed by atoms with Gasteiger partial charge in [-0.2, -0.15) is 0 Å². The first-order chi connectivity index (χ1) is 12.7. The molecule has 7 nitrogen and oxygen atoms in total. The van der Waals surface area contributed by atoms with Gasteiger partial charge in [-0.25, -0.2) is 4.98 Å². The number of nitrogens with one attached hydrogen (secondary N) is 2. The van der Waals surface area contributed by atoms with Crippen molar-refractivity contribution in [1.82, 2.24) is 14.9 Å². The maximum atomic E-state index is 11.8. The van der Waals surface area contributed by atoms with Crippen LogP contribution < -0.4 is 15.4 Å². The monoisotopic (exact) mass is 356 g/mol. The highest BCUT2D eigenvalue weighted by atomic mass is 16.5. The molecule has 2 N–H and O–H groups in total. The van der Waals surface area contributed by atoms with E-state index in [9.17, 15) is 9.59 Å². The van der Waals surface area contributed by atoms with Crippen molar-refractivity contribution in [3.8, 4) is 5.75 Å². The summed E-state index contributed by atoms with van der Waals surface area (Å²) in [5.74, 6) is 0.884. The second-order valence-corrected chi connectivity index (χ2v) is 6.32. The van der Waals surface area contributed by atoms with E-state index in [-0.39, 0.29) is 11.8 Å². The molecule has 1 aromatic heterocycles. The average Bonchev–Trinajstić information content (AvgIpc) is 3.16. The quantitative estimate of drug-likeness (QED) is 0.674. The Labute approximate surface area is 152 Å². The fourth-order valence-corrected chi connectivity index (χ4v) is 2.87. The van der Waals surface area contributed by atoms with Crippen molar-refractivity contribution >= 4 is 17.5 Å². The fraction of sp³-hybridized carbons (Fsp3) is 0.421. The molecule has 138 valence electrons. The largest absolute Gasteiger partial charge is 0.494 e. The SMILES string of the molecule is O=C(CCCOc1ccc2c(c1)CCC(=O)N2)NCCCn1ccnc1. The molecule has 3 rings (SSSR count). The molecule has 2 heterocycles. The summed E-state index contributed by atoms with van der Waals surface area (Å²) in [4.78, 5) is 27.1. The number of ether oxygens (including phenoxy) is 1. The molecule has 0 saturated carbocycles. The third kappa shape index (κ3) is 5.34. The zero-order valence-corrected chi connectivity index (χ0v) is 14.7. The van der Waals surface area contributed by atoms with Gasteiger partial charge in [0, 0.05) is 44.0 Å². The number of carbonyl (C=O) groups is 2. The molecular formula is C19H24N4O3. The van der Waals surface area contributed by atoms with Crippen LogP contribution in [0.15, 0.2) is 36.9 Å². The molecule has 0 radical (unpaired) electrons. The smallest absolute Gasteiger partial charge is 0.224 e. The van der Waals surface area contributed by atoms with E-state index in [2.05, 4.69) is 15.6 Å². The molecule has 1 aliphatic heterocycles. The lowest BCUT2D eigenvalue weighted by Gasteiger charge is -2.17. The predicted octanol–water partition coefficient (Wildman–Crippen LogP) is 2.13. The number of aromatic nitrogens is 2. The Kier molecular flexibility index (Phi) is 6.24. The molecule has 0 aliphatic carbocycles. The summed E-state index contributed by atoms with van der Waals surface area (Å²) >= 11 is 0. The van der Waals surface area contributed by atoms with Crippen molar-refractivity contribution in [2.75, 3.05) is 18.5 Å². The molecular weight excluding hydrogens is 332 g/mol. The van der Waals surface area contributed by atoms with Crippen molar-refractivity contribution < 1.29 is 14.3 Å². The van der Waals surface area contributed by atoms with Gasteiger partial charge in [-0.1, -0.05) is 0 Å². The number of rotatable bonds is 9. The second kappa shape index (κ2) is 9.03. The summed E-state index contributed by atoms with van der Waals surface area (Å²) in [5, 5.41) is 5.77. The van der Waals surface area contributed by atoms with Gasteiger partial charge < -0.3 is 19.9 Å². The molecule has 0 saturated heterocycles.